The predicted molar refractivity (Wildman–Crippen MR) is 198 cm³/mol. The third-order valence-electron chi connectivity index (χ3n) is 14.3. The molecule has 0 bridgehead atoms. The summed E-state index contributed by atoms with van der Waals surface area (Å²) in [6, 6.07) is 8.97. The maximum Gasteiger partial charge on any atom is 0.407 e. The molecule has 0 spiro atoms. The van der Waals surface area contributed by atoms with Crippen LogP contribution in [0, 0.1) is 45.8 Å². The van der Waals surface area contributed by atoms with Gasteiger partial charge in [0.15, 0.2) is 18.2 Å². The van der Waals surface area contributed by atoms with Gasteiger partial charge in [-0.15, -0.1) is 0 Å². The SMILES string of the molecule is CC(=O)OCC(=O)[C@@]12CN(c3ccc(CC4CCC(NC(=O)OC(C)(C)C)CC4)cc3)C[C@@H]1C[C@H]1[C@@H]3CCC4=CC(=O)C=C[C@]4(C)C3[C@@H](O)C[C@@]12C. The van der Waals surface area contributed by atoms with Crippen LogP contribution in [0.15, 0.2) is 48.1 Å². The predicted octanol–water partition coefficient (Wildman–Crippen LogP) is 6.76. The molecule has 5 fully saturated rings. The van der Waals surface area contributed by atoms with E-state index in [1.54, 1.807) is 12.2 Å². The summed E-state index contributed by atoms with van der Waals surface area (Å²) >= 11 is 0. The maximum atomic E-state index is 14.5. The Bertz CT molecular complexity index is 1650. The molecule has 9 nitrogen and oxygen atoms in total. The van der Waals surface area contributed by atoms with Crippen LogP contribution in [0.5, 0.6) is 0 Å². The van der Waals surface area contributed by atoms with Crippen molar-refractivity contribution < 1.29 is 33.8 Å². The van der Waals surface area contributed by atoms with E-state index in [-0.39, 0.29) is 59.4 Å². The molecule has 8 atom stereocenters. The summed E-state index contributed by atoms with van der Waals surface area (Å²) in [5.41, 5.74) is 1.42. The number of hydrogen-bond donors (Lipinski definition) is 2. The van der Waals surface area contributed by atoms with Crippen LogP contribution in [0.2, 0.25) is 0 Å². The van der Waals surface area contributed by atoms with Crippen molar-refractivity contribution in [3.63, 3.8) is 0 Å². The molecule has 1 aromatic carbocycles. The minimum atomic E-state index is -0.751. The normalized spacial score (nSPS) is 38.0. The van der Waals surface area contributed by atoms with Gasteiger partial charge in [0.25, 0.3) is 0 Å². The first-order chi connectivity index (χ1) is 24.5. The van der Waals surface area contributed by atoms with E-state index in [0.717, 1.165) is 69.2 Å². The Morgan fingerprint density at radius 2 is 1.75 bits per heavy atom. The van der Waals surface area contributed by atoms with Crippen LogP contribution in [0.3, 0.4) is 0 Å². The van der Waals surface area contributed by atoms with Crippen molar-refractivity contribution in [3.05, 3.63) is 53.6 Å². The summed E-state index contributed by atoms with van der Waals surface area (Å²) in [6.07, 6.45) is 12.7. The molecule has 9 heteroatoms. The van der Waals surface area contributed by atoms with Crippen molar-refractivity contribution >= 4 is 29.3 Å². The number of nitrogens with one attached hydrogen (secondary N) is 1. The topological polar surface area (TPSA) is 122 Å². The highest BCUT2D eigenvalue weighted by Crippen LogP contribution is 2.72. The van der Waals surface area contributed by atoms with Gasteiger partial charge in [0.1, 0.15) is 5.60 Å². The summed E-state index contributed by atoms with van der Waals surface area (Å²) in [5, 5.41) is 15.1. The summed E-state index contributed by atoms with van der Waals surface area (Å²) in [5.74, 6) is 0.655. The number of aliphatic hydroxyl groups excluding tert-OH is 1. The molecule has 0 aromatic heterocycles. The lowest BCUT2D eigenvalue weighted by molar-refractivity contribution is -0.163. The standard InChI is InChI=1S/C43H58N2O7/c1-26(46)51-24-37(49)43-25-45(32-14-9-28(10-15-32)19-27-7-12-31(13-8-27)44-39(50)52-40(2,3)4)23-30(43)21-35-34-16-11-29-20-33(47)17-18-41(29,5)38(34)36(48)22-42(35,43)6/h9-10,14-15,17-18,20,27,30-31,34-36,38,48H,7-8,11-13,16,19,21-25H2,1-6H3,(H,44,50)/t27?,30-,31?,34-,35-,36-,38?,41-,42-,43+/m0/s1. The minimum Gasteiger partial charge on any atom is -0.458 e. The Morgan fingerprint density at radius 1 is 1.04 bits per heavy atom. The number of carbonyl (C=O) groups excluding carboxylic acids is 4. The van der Waals surface area contributed by atoms with Crippen molar-refractivity contribution in [3.8, 4) is 0 Å². The van der Waals surface area contributed by atoms with E-state index in [4.69, 9.17) is 9.47 Å². The van der Waals surface area contributed by atoms with Gasteiger partial charge in [-0.05, 0) is 137 Å². The zero-order valence-corrected chi connectivity index (χ0v) is 31.9. The number of rotatable bonds is 7. The van der Waals surface area contributed by atoms with Crippen molar-refractivity contribution in [2.24, 2.45) is 45.8 Å². The molecule has 282 valence electrons. The second-order valence-electron chi connectivity index (χ2n) is 18.4. The number of allylic oxidation sites excluding steroid dienone is 4. The lowest BCUT2D eigenvalue weighted by Crippen LogP contribution is -2.60. The molecular formula is C43H58N2O7. The quantitative estimate of drug-likeness (QED) is 0.298. The number of ketones is 2. The lowest BCUT2D eigenvalue weighted by atomic mass is 9.44. The average molecular weight is 715 g/mol. The van der Waals surface area contributed by atoms with Gasteiger partial charge in [0.2, 0.25) is 0 Å². The Balaban J connectivity index is 1.06. The van der Waals surface area contributed by atoms with Crippen LogP contribution in [0.4, 0.5) is 10.5 Å². The Labute approximate surface area is 308 Å². The number of alkyl carbamates (subject to hydrolysis) is 1. The van der Waals surface area contributed by atoms with Crippen LogP contribution >= 0.6 is 0 Å². The van der Waals surface area contributed by atoms with Gasteiger partial charge in [-0.3, -0.25) is 14.4 Å². The van der Waals surface area contributed by atoms with E-state index < -0.39 is 28.5 Å². The van der Waals surface area contributed by atoms with E-state index in [2.05, 4.69) is 48.3 Å². The van der Waals surface area contributed by atoms with Gasteiger partial charge in [0.05, 0.1) is 11.5 Å². The third kappa shape index (κ3) is 6.43. The molecule has 1 aromatic rings. The van der Waals surface area contributed by atoms with Gasteiger partial charge in [-0.25, -0.2) is 4.79 Å². The third-order valence-corrected chi connectivity index (χ3v) is 14.3. The first-order valence-corrected chi connectivity index (χ1v) is 19.6. The number of amides is 1. The van der Waals surface area contributed by atoms with Gasteiger partial charge in [-0.2, -0.15) is 0 Å². The number of nitrogens with zero attached hydrogens (tertiary/aromatic N) is 1. The van der Waals surface area contributed by atoms with Crippen LogP contribution < -0.4 is 10.2 Å². The molecule has 2 N–H and O–H groups in total. The zero-order chi connectivity index (χ0) is 37.2. The number of aliphatic hydroxyl groups is 1. The lowest BCUT2D eigenvalue weighted by Gasteiger charge is -2.60. The molecule has 1 aliphatic heterocycles. The fourth-order valence-electron chi connectivity index (χ4n) is 12.1. The van der Waals surface area contributed by atoms with Gasteiger partial charge < -0.3 is 24.8 Å². The van der Waals surface area contributed by atoms with Crippen LogP contribution in [-0.4, -0.2) is 66.2 Å². The molecule has 6 aliphatic rings. The second-order valence-corrected chi connectivity index (χ2v) is 18.4. The fraction of sp³-hybridized carbons (Fsp3) is 0.674. The maximum absolute atomic E-state index is 14.5. The summed E-state index contributed by atoms with van der Waals surface area (Å²) in [7, 11) is 0. The number of esters is 1. The molecule has 1 unspecified atom stereocenters. The summed E-state index contributed by atoms with van der Waals surface area (Å²) in [4.78, 5) is 53.4. The second kappa shape index (κ2) is 13.4. The Morgan fingerprint density at radius 3 is 2.42 bits per heavy atom. The number of carbonyl (C=O) groups is 4. The van der Waals surface area contributed by atoms with Crippen molar-refractivity contribution in [1.82, 2.24) is 5.32 Å². The van der Waals surface area contributed by atoms with Crippen molar-refractivity contribution in [2.75, 3.05) is 24.6 Å². The zero-order valence-electron chi connectivity index (χ0n) is 31.9. The Hall–Kier alpha value is -3.46. The highest BCUT2D eigenvalue weighted by atomic mass is 16.6. The molecule has 1 amide bonds. The summed E-state index contributed by atoms with van der Waals surface area (Å²) < 4.78 is 10.8. The van der Waals surface area contributed by atoms with Gasteiger partial charge in [-0.1, -0.05) is 37.6 Å². The molecular weight excluding hydrogens is 656 g/mol. The Kier molecular flexibility index (Phi) is 9.53. The van der Waals surface area contributed by atoms with Crippen molar-refractivity contribution in [1.29, 1.82) is 0 Å². The smallest absolute Gasteiger partial charge is 0.407 e. The van der Waals surface area contributed by atoms with E-state index in [1.807, 2.05) is 26.8 Å². The first-order valence-electron chi connectivity index (χ1n) is 19.6. The van der Waals surface area contributed by atoms with Gasteiger partial charge >= 0.3 is 12.1 Å². The van der Waals surface area contributed by atoms with E-state index in [0.29, 0.717) is 18.9 Å². The largest absolute Gasteiger partial charge is 0.458 e. The molecule has 1 heterocycles. The van der Waals surface area contributed by atoms with Crippen LogP contribution in [-0.2, 0) is 30.3 Å². The number of anilines is 1. The molecule has 4 saturated carbocycles. The first kappa shape index (κ1) is 36.9. The van der Waals surface area contributed by atoms with E-state index in [1.165, 1.54) is 12.5 Å². The van der Waals surface area contributed by atoms with Crippen molar-refractivity contribution in [2.45, 2.75) is 117 Å². The number of fused-ring (bicyclic) bond motifs is 7. The molecule has 0 radical (unpaired) electrons. The summed E-state index contributed by atoms with van der Waals surface area (Å²) in [6.45, 7) is 12.5. The molecule has 52 heavy (non-hydrogen) atoms. The molecule has 7 rings (SSSR count). The van der Waals surface area contributed by atoms with E-state index in [9.17, 15) is 24.3 Å². The highest BCUT2D eigenvalue weighted by molar-refractivity contribution is 6.01. The number of ether oxygens (including phenoxy) is 2. The molecule has 5 aliphatic carbocycles. The van der Waals surface area contributed by atoms with Crippen LogP contribution in [0.1, 0.15) is 98.5 Å². The molecule has 1 saturated heterocycles. The monoisotopic (exact) mass is 714 g/mol. The van der Waals surface area contributed by atoms with E-state index >= 15 is 0 Å². The van der Waals surface area contributed by atoms with Gasteiger partial charge in [0, 0.05) is 43.1 Å². The average Bonchev–Trinajstić information content (AvgIpc) is 3.57. The number of hydrogen-bond acceptors (Lipinski definition) is 8. The fourth-order valence-corrected chi connectivity index (χ4v) is 12.1. The number of Topliss-reactive ketones (excluding diaryl/α,β-unsaturated/α-hetero) is 1. The van der Waals surface area contributed by atoms with Crippen LogP contribution in [0.25, 0.3) is 0 Å². The minimum absolute atomic E-state index is 0.00527. The highest BCUT2D eigenvalue weighted by Gasteiger charge is 2.73. The number of benzene rings is 1.